The molecule has 0 spiro atoms. The van der Waals surface area contributed by atoms with Crippen LogP contribution in [0.2, 0.25) is 0 Å². The number of likely N-dealkylation sites (tertiary alicyclic amines) is 1. The Balaban J connectivity index is 1.08. The highest BCUT2D eigenvalue weighted by molar-refractivity contribution is 6.10. The maximum Gasteiger partial charge on any atom is 0.248 e. The molecule has 3 amide bonds. The van der Waals surface area contributed by atoms with Gasteiger partial charge in [0, 0.05) is 12.1 Å². The minimum Gasteiger partial charge on any atom is -0.457 e. The molecule has 0 unspecified atom stereocenters. The molecule has 0 radical (unpaired) electrons. The molecular weight excluding hydrogens is 536 g/mol. The van der Waals surface area contributed by atoms with Gasteiger partial charge in [-0.15, -0.1) is 0 Å². The van der Waals surface area contributed by atoms with Crippen LogP contribution in [0.25, 0.3) is 0 Å². The van der Waals surface area contributed by atoms with Crippen molar-refractivity contribution in [3.05, 3.63) is 102 Å². The van der Waals surface area contributed by atoms with Gasteiger partial charge in [-0.25, -0.2) is 0 Å². The zero-order valence-corrected chi connectivity index (χ0v) is 24.9. The van der Waals surface area contributed by atoms with Crippen LogP contribution in [0.15, 0.2) is 91.0 Å². The lowest BCUT2D eigenvalue weighted by Gasteiger charge is -2.37. The highest BCUT2D eigenvalue weighted by Crippen LogP contribution is 2.65. The van der Waals surface area contributed by atoms with Crippen LogP contribution >= 0.6 is 0 Å². The SMILES string of the molecule is CCC(C)(C)c1ccc(Oc2ccc(NC(=O)[C@@H](Cc3ccccc3)N3C(=O)[C@@H]4[C@@H]5C=C[C@H]([C@H]6C[C@@H]56)[C@@H]4C3=O)cc2)cc1. The minimum atomic E-state index is -0.925. The highest BCUT2D eigenvalue weighted by atomic mass is 16.5. The number of nitrogens with zero attached hydrogens (tertiary/aromatic N) is 1. The van der Waals surface area contributed by atoms with Crippen LogP contribution in [0.5, 0.6) is 11.5 Å². The molecule has 2 saturated carbocycles. The minimum absolute atomic E-state index is 0.107. The van der Waals surface area contributed by atoms with Crippen molar-refractivity contribution in [2.24, 2.45) is 35.5 Å². The number of amides is 3. The van der Waals surface area contributed by atoms with E-state index in [0.29, 0.717) is 23.3 Å². The highest BCUT2D eigenvalue weighted by Gasteiger charge is 2.67. The van der Waals surface area contributed by atoms with Crippen molar-refractivity contribution in [1.29, 1.82) is 0 Å². The van der Waals surface area contributed by atoms with Crippen LogP contribution in [-0.4, -0.2) is 28.7 Å². The molecule has 3 aromatic rings. The Morgan fingerprint density at radius 3 is 1.98 bits per heavy atom. The number of carbonyl (C=O) groups excluding carboxylic acids is 3. The number of allylic oxidation sites excluding steroid dienone is 2. The maximum atomic E-state index is 13.9. The summed E-state index contributed by atoms with van der Waals surface area (Å²) < 4.78 is 6.05. The molecule has 4 aliphatic carbocycles. The van der Waals surface area contributed by atoms with E-state index in [4.69, 9.17) is 4.74 Å². The summed E-state index contributed by atoms with van der Waals surface area (Å²) in [5, 5.41) is 2.98. The van der Waals surface area contributed by atoms with Crippen LogP contribution in [-0.2, 0) is 26.2 Å². The van der Waals surface area contributed by atoms with E-state index in [-0.39, 0.29) is 53.2 Å². The van der Waals surface area contributed by atoms with Gasteiger partial charge in [0.25, 0.3) is 0 Å². The molecule has 8 rings (SSSR count). The molecule has 1 N–H and O–H groups in total. The summed E-state index contributed by atoms with van der Waals surface area (Å²) in [5.41, 5.74) is 2.85. The lowest BCUT2D eigenvalue weighted by Crippen LogP contribution is -2.49. The van der Waals surface area contributed by atoms with E-state index in [1.165, 1.54) is 10.5 Å². The zero-order chi connectivity index (χ0) is 29.9. The number of benzene rings is 3. The fourth-order valence-electron chi connectivity index (χ4n) is 7.57. The van der Waals surface area contributed by atoms with Crippen molar-refractivity contribution in [2.45, 2.75) is 51.5 Å². The van der Waals surface area contributed by atoms with Gasteiger partial charge >= 0.3 is 0 Å². The van der Waals surface area contributed by atoms with Gasteiger partial charge in [0.2, 0.25) is 17.7 Å². The average Bonchev–Trinajstić information content (AvgIpc) is 3.81. The molecule has 7 atom stereocenters. The van der Waals surface area contributed by atoms with Crippen molar-refractivity contribution < 1.29 is 19.1 Å². The molecule has 6 heteroatoms. The first kappa shape index (κ1) is 27.6. The molecule has 220 valence electrons. The predicted molar refractivity (Wildman–Crippen MR) is 165 cm³/mol. The third-order valence-corrected chi connectivity index (χ3v) is 10.5. The predicted octanol–water partition coefficient (Wildman–Crippen LogP) is 6.77. The van der Waals surface area contributed by atoms with Gasteiger partial charge in [0.1, 0.15) is 17.5 Å². The number of nitrogens with one attached hydrogen (secondary N) is 1. The molecule has 0 aromatic heterocycles. The zero-order valence-electron chi connectivity index (χ0n) is 24.9. The molecule has 1 saturated heterocycles. The number of rotatable bonds is 9. The standard InChI is InChI=1S/C37H38N2O4/c1-4-37(2,3)23-10-14-25(15-11-23)43-26-16-12-24(13-17-26)38-34(40)31(20-22-8-6-5-7-9-22)39-35(41)32-27-18-19-28(30-21-29(27)30)33(32)36(39)42/h5-19,27-33H,4,20-21H2,1-3H3,(H,38,40)/t27-,28-,29-,30+,31-,32+,33-/m1/s1. The van der Waals surface area contributed by atoms with Gasteiger partial charge in [-0.3, -0.25) is 19.3 Å². The first-order chi connectivity index (χ1) is 20.7. The average molecular weight is 575 g/mol. The van der Waals surface area contributed by atoms with E-state index in [0.717, 1.165) is 24.2 Å². The molecule has 2 bridgehead atoms. The first-order valence-corrected chi connectivity index (χ1v) is 15.5. The fourth-order valence-corrected chi connectivity index (χ4v) is 7.57. The van der Waals surface area contributed by atoms with Gasteiger partial charge in [-0.05, 0) is 89.5 Å². The number of imide groups is 1. The van der Waals surface area contributed by atoms with Crippen LogP contribution in [0.3, 0.4) is 0 Å². The van der Waals surface area contributed by atoms with Crippen LogP contribution in [0, 0.1) is 35.5 Å². The molecule has 43 heavy (non-hydrogen) atoms. The number of anilines is 1. The number of hydrogen-bond donors (Lipinski definition) is 1. The Morgan fingerprint density at radius 2 is 1.42 bits per heavy atom. The van der Waals surface area contributed by atoms with Crippen molar-refractivity contribution in [3.8, 4) is 11.5 Å². The molecule has 1 heterocycles. The van der Waals surface area contributed by atoms with Crippen molar-refractivity contribution in [2.75, 3.05) is 5.32 Å². The van der Waals surface area contributed by atoms with Crippen molar-refractivity contribution in [1.82, 2.24) is 4.90 Å². The third-order valence-electron chi connectivity index (χ3n) is 10.5. The van der Waals surface area contributed by atoms with Crippen LogP contribution in [0.4, 0.5) is 5.69 Å². The Hall–Kier alpha value is -4.19. The van der Waals surface area contributed by atoms with E-state index >= 15 is 0 Å². The topological polar surface area (TPSA) is 75.7 Å². The van der Waals surface area contributed by atoms with E-state index in [9.17, 15) is 14.4 Å². The summed E-state index contributed by atoms with van der Waals surface area (Å²) in [7, 11) is 0. The summed E-state index contributed by atoms with van der Waals surface area (Å²) in [4.78, 5) is 42.9. The molecule has 5 aliphatic rings. The number of carbonyl (C=O) groups is 3. The maximum absolute atomic E-state index is 13.9. The second-order valence-corrected chi connectivity index (χ2v) is 13.3. The van der Waals surface area contributed by atoms with Gasteiger partial charge in [-0.2, -0.15) is 0 Å². The Morgan fingerprint density at radius 1 is 0.860 bits per heavy atom. The largest absolute Gasteiger partial charge is 0.457 e. The lowest BCUT2D eigenvalue weighted by atomic mass is 9.63. The third kappa shape index (κ3) is 4.87. The Bertz CT molecular complexity index is 1540. The smallest absolute Gasteiger partial charge is 0.248 e. The van der Waals surface area contributed by atoms with Crippen LogP contribution < -0.4 is 10.1 Å². The molecule has 3 aromatic carbocycles. The lowest BCUT2D eigenvalue weighted by molar-refractivity contribution is -0.146. The van der Waals surface area contributed by atoms with E-state index in [1.807, 2.05) is 54.6 Å². The van der Waals surface area contributed by atoms with Gasteiger partial charge < -0.3 is 10.1 Å². The summed E-state index contributed by atoms with van der Waals surface area (Å²) in [6.07, 6.45) is 6.74. The Labute approximate surface area is 253 Å². The quantitative estimate of drug-likeness (QED) is 0.226. The number of hydrogen-bond acceptors (Lipinski definition) is 4. The summed E-state index contributed by atoms with van der Waals surface area (Å²) >= 11 is 0. The molecule has 1 aliphatic heterocycles. The van der Waals surface area contributed by atoms with Crippen molar-refractivity contribution in [3.63, 3.8) is 0 Å². The molecule has 3 fully saturated rings. The first-order valence-electron chi connectivity index (χ1n) is 15.5. The summed E-state index contributed by atoms with van der Waals surface area (Å²) in [6, 6.07) is 24.0. The number of ether oxygens (including phenoxy) is 1. The second-order valence-electron chi connectivity index (χ2n) is 13.3. The van der Waals surface area contributed by atoms with E-state index in [2.05, 4.69) is 50.4 Å². The molecular formula is C37H38N2O4. The summed E-state index contributed by atoms with van der Waals surface area (Å²) in [5.74, 6) is 1.23. The van der Waals surface area contributed by atoms with Gasteiger partial charge in [0.05, 0.1) is 11.8 Å². The van der Waals surface area contributed by atoms with Crippen molar-refractivity contribution >= 4 is 23.4 Å². The normalized spacial score (nSPS) is 27.5. The van der Waals surface area contributed by atoms with Gasteiger partial charge in [0.15, 0.2) is 0 Å². The second kappa shape index (κ2) is 10.5. The van der Waals surface area contributed by atoms with E-state index < -0.39 is 6.04 Å². The van der Waals surface area contributed by atoms with Gasteiger partial charge in [-0.1, -0.05) is 75.4 Å². The van der Waals surface area contributed by atoms with Crippen LogP contribution in [0.1, 0.15) is 44.7 Å². The molecule has 6 nitrogen and oxygen atoms in total. The fraction of sp³-hybridized carbons (Fsp3) is 0.378. The Kier molecular flexibility index (Phi) is 6.76. The van der Waals surface area contributed by atoms with E-state index in [1.54, 1.807) is 12.1 Å². The monoisotopic (exact) mass is 574 g/mol. The summed E-state index contributed by atoms with van der Waals surface area (Å²) in [6.45, 7) is 6.64.